The van der Waals surface area contributed by atoms with Crippen LogP contribution in [0.5, 0.6) is 5.88 Å². The van der Waals surface area contributed by atoms with Crippen LogP contribution in [0, 0.1) is 0 Å². The Bertz CT molecular complexity index is 1200. The van der Waals surface area contributed by atoms with Gasteiger partial charge in [0.2, 0.25) is 21.9 Å². The van der Waals surface area contributed by atoms with Gasteiger partial charge in [0, 0.05) is 11.9 Å². The molecule has 0 radical (unpaired) electrons. The van der Waals surface area contributed by atoms with Gasteiger partial charge in [0.15, 0.2) is 0 Å². The maximum Gasteiger partial charge on any atom is 0.423 e. The Morgan fingerprint density at radius 1 is 1.23 bits per heavy atom. The molecule has 1 aliphatic carbocycles. The SMILES string of the molecule is CS(=O)(=O)N[C@@H]1CCC[C@H]1Oc1nc(Nc2ccc3ncsc3c2)ncc1C(F)(F)F. The molecular weight excluding hydrogens is 455 g/mol. The third kappa shape index (κ3) is 5.22. The minimum Gasteiger partial charge on any atom is -0.472 e. The minimum absolute atomic E-state index is 0.0718. The molecule has 1 aromatic carbocycles. The molecule has 0 saturated heterocycles. The zero-order valence-electron chi connectivity index (χ0n) is 16.2. The number of nitrogens with one attached hydrogen (secondary N) is 2. The second-order valence-corrected chi connectivity index (χ2v) is 9.82. The van der Waals surface area contributed by atoms with E-state index in [1.165, 1.54) is 11.3 Å². The number of alkyl halides is 3. The van der Waals surface area contributed by atoms with Gasteiger partial charge >= 0.3 is 6.18 Å². The van der Waals surface area contributed by atoms with Crippen LogP contribution < -0.4 is 14.8 Å². The average molecular weight is 474 g/mol. The molecule has 1 fully saturated rings. The van der Waals surface area contributed by atoms with E-state index in [0.717, 1.165) is 16.5 Å². The summed E-state index contributed by atoms with van der Waals surface area (Å²) in [5, 5.41) is 2.88. The van der Waals surface area contributed by atoms with Gasteiger partial charge in [-0.15, -0.1) is 11.3 Å². The van der Waals surface area contributed by atoms with Crippen LogP contribution in [0.25, 0.3) is 10.2 Å². The Kier molecular flexibility index (Phi) is 5.75. The van der Waals surface area contributed by atoms with Gasteiger partial charge in [0.25, 0.3) is 0 Å². The summed E-state index contributed by atoms with van der Waals surface area (Å²) in [5.74, 6) is -0.714. The fourth-order valence-electron chi connectivity index (χ4n) is 3.39. The number of sulfonamides is 1. The molecule has 2 N–H and O–H groups in total. The molecule has 8 nitrogen and oxygen atoms in total. The van der Waals surface area contributed by atoms with E-state index in [9.17, 15) is 21.6 Å². The number of halogens is 3. The highest BCUT2D eigenvalue weighted by atomic mass is 32.2. The standard InChI is InChI=1S/C18H18F3N5O3S2/c1-31(27,28)26-12-3-2-4-14(12)29-16-11(18(19,20)21)8-22-17(25-16)24-10-5-6-13-15(7-10)30-9-23-13/h5-9,12,14,26H,2-4H2,1H3,(H,22,24,25)/t12-,14-/m1/s1. The van der Waals surface area contributed by atoms with E-state index in [1.807, 2.05) is 0 Å². The number of thiazole rings is 1. The van der Waals surface area contributed by atoms with Crippen molar-refractivity contribution in [2.75, 3.05) is 11.6 Å². The molecule has 1 aliphatic rings. The van der Waals surface area contributed by atoms with Crippen LogP contribution in [-0.4, -0.2) is 41.8 Å². The lowest BCUT2D eigenvalue weighted by Crippen LogP contribution is -2.42. The molecular formula is C18H18F3N5O3S2. The van der Waals surface area contributed by atoms with Crippen LogP contribution in [0.15, 0.2) is 29.9 Å². The summed E-state index contributed by atoms with van der Waals surface area (Å²) >= 11 is 1.43. The van der Waals surface area contributed by atoms with E-state index in [-0.39, 0.29) is 5.95 Å². The summed E-state index contributed by atoms with van der Waals surface area (Å²) in [6.07, 6.45) is -2.37. The van der Waals surface area contributed by atoms with Crippen molar-refractivity contribution in [1.29, 1.82) is 0 Å². The summed E-state index contributed by atoms with van der Waals surface area (Å²) < 4.78 is 72.5. The Balaban J connectivity index is 1.61. The fraction of sp³-hybridized carbons (Fsp3) is 0.389. The lowest BCUT2D eigenvalue weighted by molar-refractivity contribution is -0.140. The van der Waals surface area contributed by atoms with E-state index in [0.29, 0.717) is 31.1 Å². The maximum atomic E-state index is 13.5. The number of ether oxygens (including phenoxy) is 1. The molecule has 3 aromatic rings. The van der Waals surface area contributed by atoms with E-state index in [2.05, 4.69) is 25.0 Å². The molecule has 0 spiro atoms. The van der Waals surface area contributed by atoms with Crippen molar-refractivity contribution < 1.29 is 26.3 Å². The van der Waals surface area contributed by atoms with E-state index >= 15 is 0 Å². The van der Waals surface area contributed by atoms with Crippen LogP contribution in [0.1, 0.15) is 24.8 Å². The maximum absolute atomic E-state index is 13.5. The van der Waals surface area contributed by atoms with Crippen molar-refractivity contribution in [2.45, 2.75) is 37.6 Å². The second kappa shape index (κ2) is 8.20. The van der Waals surface area contributed by atoms with Crippen LogP contribution in [0.2, 0.25) is 0 Å². The monoisotopic (exact) mass is 473 g/mol. The zero-order chi connectivity index (χ0) is 22.2. The number of hydrogen-bond donors (Lipinski definition) is 2. The first-order valence-electron chi connectivity index (χ1n) is 9.27. The Labute approximate surface area is 179 Å². The van der Waals surface area contributed by atoms with Crippen molar-refractivity contribution in [1.82, 2.24) is 19.7 Å². The first kappa shape index (κ1) is 21.7. The molecule has 0 amide bonds. The number of nitrogens with zero attached hydrogens (tertiary/aromatic N) is 3. The summed E-state index contributed by atoms with van der Waals surface area (Å²) in [4.78, 5) is 11.9. The number of hydrogen-bond acceptors (Lipinski definition) is 8. The number of fused-ring (bicyclic) bond motifs is 1. The molecule has 31 heavy (non-hydrogen) atoms. The molecule has 4 rings (SSSR count). The number of anilines is 2. The highest BCUT2D eigenvalue weighted by molar-refractivity contribution is 7.88. The van der Waals surface area contributed by atoms with E-state index < -0.39 is 39.8 Å². The van der Waals surface area contributed by atoms with Gasteiger partial charge in [-0.3, -0.25) is 0 Å². The molecule has 1 saturated carbocycles. The average Bonchev–Trinajstić information content (AvgIpc) is 3.29. The summed E-state index contributed by atoms with van der Waals surface area (Å²) in [6, 6.07) is 4.65. The van der Waals surface area contributed by atoms with Gasteiger partial charge < -0.3 is 10.1 Å². The van der Waals surface area contributed by atoms with Crippen LogP contribution >= 0.6 is 11.3 Å². The van der Waals surface area contributed by atoms with Gasteiger partial charge in [-0.25, -0.2) is 23.1 Å². The first-order valence-corrected chi connectivity index (χ1v) is 12.0. The molecule has 166 valence electrons. The molecule has 2 aromatic heterocycles. The number of rotatable bonds is 6. The fourth-order valence-corrected chi connectivity index (χ4v) is 4.93. The zero-order valence-corrected chi connectivity index (χ0v) is 17.8. The third-order valence-electron chi connectivity index (χ3n) is 4.73. The summed E-state index contributed by atoms with van der Waals surface area (Å²) in [5.41, 5.74) is 1.96. The van der Waals surface area contributed by atoms with Crippen LogP contribution in [0.4, 0.5) is 24.8 Å². The normalized spacial score (nSPS) is 19.6. The minimum atomic E-state index is -4.73. The molecule has 0 unspecified atom stereocenters. The van der Waals surface area contributed by atoms with Crippen LogP contribution in [0.3, 0.4) is 0 Å². The molecule has 0 aliphatic heterocycles. The molecule has 2 atom stereocenters. The summed E-state index contributed by atoms with van der Waals surface area (Å²) in [7, 11) is -3.53. The van der Waals surface area contributed by atoms with Gasteiger partial charge in [-0.05, 0) is 37.5 Å². The third-order valence-corrected chi connectivity index (χ3v) is 6.25. The molecule has 2 heterocycles. The highest BCUT2D eigenvalue weighted by Gasteiger charge is 2.39. The highest BCUT2D eigenvalue weighted by Crippen LogP contribution is 2.37. The van der Waals surface area contributed by atoms with Gasteiger partial charge in [-0.2, -0.15) is 18.2 Å². The first-order chi connectivity index (χ1) is 14.6. The van der Waals surface area contributed by atoms with E-state index in [1.54, 1.807) is 23.7 Å². The lowest BCUT2D eigenvalue weighted by Gasteiger charge is -2.23. The second-order valence-electron chi connectivity index (χ2n) is 7.15. The quantitative estimate of drug-likeness (QED) is 0.562. The smallest absolute Gasteiger partial charge is 0.423 e. The van der Waals surface area contributed by atoms with E-state index in [4.69, 9.17) is 4.74 Å². The van der Waals surface area contributed by atoms with Crippen molar-refractivity contribution in [3.8, 4) is 5.88 Å². The molecule has 0 bridgehead atoms. The van der Waals surface area contributed by atoms with Gasteiger partial charge in [-0.1, -0.05) is 0 Å². The Hall–Kier alpha value is -2.51. The Morgan fingerprint density at radius 2 is 2.03 bits per heavy atom. The van der Waals surface area contributed by atoms with Crippen LogP contribution in [-0.2, 0) is 16.2 Å². The summed E-state index contributed by atoms with van der Waals surface area (Å²) in [6.45, 7) is 0. The number of aromatic nitrogens is 3. The van der Waals surface area contributed by atoms with Gasteiger partial charge in [0.1, 0.15) is 11.7 Å². The largest absolute Gasteiger partial charge is 0.472 e. The van der Waals surface area contributed by atoms with Crippen molar-refractivity contribution in [3.63, 3.8) is 0 Å². The van der Waals surface area contributed by atoms with Crippen molar-refractivity contribution in [2.24, 2.45) is 0 Å². The predicted octanol–water partition coefficient (Wildman–Crippen LogP) is 3.70. The van der Waals surface area contributed by atoms with Crippen molar-refractivity contribution in [3.05, 3.63) is 35.5 Å². The van der Waals surface area contributed by atoms with Gasteiger partial charge in [0.05, 0.1) is 28.0 Å². The topological polar surface area (TPSA) is 106 Å². The number of benzene rings is 1. The molecule has 13 heteroatoms. The Morgan fingerprint density at radius 3 is 2.77 bits per heavy atom. The predicted molar refractivity (Wildman–Crippen MR) is 110 cm³/mol. The van der Waals surface area contributed by atoms with Crippen molar-refractivity contribution >= 4 is 43.2 Å². The lowest BCUT2D eigenvalue weighted by atomic mass is 10.2.